The lowest BCUT2D eigenvalue weighted by Gasteiger charge is -2.04. The molecule has 0 saturated carbocycles. The summed E-state index contributed by atoms with van der Waals surface area (Å²) in [6, 6.07) is 6.12. The van der Waals surface area contributed by atoms with Crippen LogP contribution in [-0.4, -0.2) is 35.4 Å². The lowest BCUT2D eigenvalue weighted by molar-refractivity contribution is -0.384. The first-order valence-electron chi connectivity index (χ1n) is 7.31. The van der Waals surface area contributed by atoms with Gasteiger partial charge in [-0.1, -0.05) is 6.92 Å². The second-order valence-electron chi connectivity index (χ2n) is 4.85. The number of thiazole rings is 1. The van der Waals surface area contributed by atoms with E-state index < -0.39 is 4.92 Å². The van der Waals surface area contributed by atoms with Crippen LogP contribution in [0.3, 0.4) is 0 Å². The molecule has 0 fully saturated rings. The number of nitrogens with one attached hydrogen (secondary N) is 2. The van der Waals surface area contributed by atoms with Gasteiger partial charge in [0.15, 0.2) is 0 Å². The van der Waals surface area contributed by atoms with Crippen LogP contribution in [0.25, 0.3) is 10.6 Å². The normalized spacial score (nSPS) is 10.5. The number of nitrogens with zero attached hydrogens (tertiary/aromatic N) is 2. The lowest BCUT2D eigenvalue weighted by atomic mass is 10.2. The highest BCUT2D eigenvalue weighted by Crippen LogP contribution is 2.25. The number of hydrogen-bond acceptors (Lipinski definition) is 6. The van der Waals surface area contributed by atoms with Gasteiger partial charge in [-0.15, -0.1) is 11.3 Å². The van der Waals surface area contributed by atoms with Gasteiger partial charge in [0.1, 0.15) is 10.7 Å². The van der Waals surface area contributed by atoms with E-state index in [2.05, 4.69) is 22.5 Å². The predicted octanol–water partition coefficient (Wildman–Crippen LogP) is 2.45. The summed E-state index contributed by atoms with van der Waals surface area (Å²) in [5.41, 5.74) is 1.14. The Morgan fingerprint density at radius 3 is 2.65 bits per heavy atom. The monoisotopic (exact) mass is 334 g/mol. The van der Waals surface area contributed by atoms with Crippen LogP contribution in [0.5, 0.6) is 0 Å². The molecule has 1 amide bonds. The molecular weight excluding hydrogens is 316 g/mol. The van der Waals surface area contributed by atoms with E-state index in [9.17, 15) is 14.9 Å². The van der Waals surface area contributed by atoms with Gasteiger partial charge in [-0.25, -0.2) is 4.98 Å². The van der Waals surface area contributed by atoms with Gasteiger partial charge >= 0.3 is 0 Å². The standard InChI is InChI=1S/C15H18N4O3S/c1-2-7-16-8-9-17-14(20)13-10-23-15(18-13)11-3-5-12(6-4-11)19(21)22/h3-6,10,16H,2,7-9H2,1H3,(H,17,20). The van der Waals surface area contributed by atoms with Gasteiger partial charge in [0, 0.05) is 36.2 Å². The van der Waals surface area contributed by atoms with Crippen molar-refractivity contribution in [2.45, 2.75) is 13.3 Å². The molecule has 2 aromatic rings. The van der Waals surface area contributed by atoms with Gasteiger partial charge in [-0.3, -0.25) is 14.9 Å². The number of aromatic nitrogens is 1. The van der Waals surface area contributed by atoms with Crippen molar-refractivity contribution in [3.05, 3.63) is 45.5 Å². The van der Waals surface area contributed by atoms with E-state index in [1.807, 2.05) is 0 Å². The van der Waals surface area contributed by atoms with Crippen LogP contribution in [0.1, 0.15) is 23.8 Å². The number of amides is 1. The fraction of sp³-hybridized carbons (Fsp3) is 0.333. The third-order valence-corrected chi connectivity index (χ3v) is 3.97. The summed E-state index contributed by atoms with van der Waals surface area (Å²) < 4.78 is 0. The zero-order chi connectivity index (χ0) is 16.7. The van der Waals surface area contributed by atoms with Gasteiger partial charge in [0.25, 0.3) is 11.6 Å². The highest BCUT2D eigenvalue weighted by atomic mass is 32.1. The Labute approximate surface area is 137 Å². The maximum Gasteiger partial charge on any atom is 0.270 e. The highest BCUT2D eigenvalue weighted by Gasteiger charge is 2.12. The molecule has 23 heavy (non-hydrogen) atoms. The Kier molecular flexibility index (Phi) is 6.19. The maximum atomic E-state index is 12.0. The molecule has 1 aromatic heterocycles. The Balaban J connectivity index is 1.94. The molecule has 8 heteroatoms. The zero-order valence-corrected chi connectivity index (χ0v) is 13.6. The number of nitro benzene ring substituents is 1. The predicted molar refractivity (Wildman–Crippen MR) is 89.7 cm³/mol. The van der Waals surface area contributed by atoms with Crippen LogP contribution in [0, 0.1) is 10.1 Å². The molecule has 0 bridgehead atoms. The number of hydrogen-bond donors (Lipinski definition) is 2. The van der Waals surface area contributed by atoms with Gasteiger partial charge in [-0.2, -0.15) is 0 Å². The molecular formula is C15H18N4O3S. The van der Waals surface area contributed by atoms with Crippen molar-refractivity contribution in [2.75, 3.05) is 19.6 Å². The molecule has 0 aliphatic carbocycles. The second kappa shape index (κ2) is 8.35. The summed E-state index contributed by atoms with van der Waals surface area (Å²) in [4.78, 5) is 26.5. The summed E-state index contributed by atoms with van der Waals surface area (Å²) in [6.07, 6.45) is 1.05. The first-order valence-corrected chi connectivity index (χ1v) is 8.19. The summed E-state index contributed by atoms with van der Waals surface area (Å²) in [5, 5.41) is 19.0. The number of benzene rings is 1. The summed E-state index contributed by atoms with van der Waals surface area (Å²) >= 11 is 1.34. The average Bonchev–Trinajstić information content (AvgIpc) is 3.04. The molecule has 0 atom stereocenters. The minimum Gasteiger partial charge on any atom is -0.349 e. The van der Waals surface area contributed by atoms with Crippen molar-refractivity contribution < 1.29 is 9.72 Å². The summed E-state index contributed by atoms with van der Waals surface area (Å²) in [5.74, 6) is -0.215. The van der Waals surface area contributed by atoms with Crippen molar-refractivity contribution in [3.8, 4) is 10.6 Å². The third kappa shape index (κ3) is 4.83. The maximum absolute atomic E-state index is 12.0. The average molecular weight is 334 g/mol. The largest absolute Gasteiger partial charge is 0.349 e. The van der Waals surface area contributed by atoms with Crippen molar-refractivity contribution in [3.63, 3.8) is 0 Å². The van der Waals surface area contributed by atoms with Gasteiger partial charge < -0.3 is 10.6 Å². The molecule has 7 nitrogen and oxygen atoms in total. The third-order valence-electron chi connectivity index (χ3n) is 3.08. The first kappa shape index (κ1) is 17.0. The molecule has 0 saturated heterocycles. The minimum absolute atomic E-state index is 0.0304. The number of rotatable bonds is 8. The lowest BCUT2D eigenvalue weighted by Crippen LogP contribution is -2.32. The second-order valence-corrected chi connectivity index (χ2v) is 5.71. The molecule has 1 aromatic carbocycles. The van der Waals surface area contributed by atoms with Gasteiger partial charge in [0.2, 0.25) is 0 Å². The van der Waals surface area contributed by atoms with Crippen LogP contribution >= 0.6 is 11.3 Å². The highest BCUT2D eigenvalue weighted by molar-refractivity contribution is 7.13. The number of carbonyl (C=O) groups is 1. The molecule has 1 heterocycles. The molecule has 0 spiro atoms. The van der Waals surface area contributed by atoms with E-state index >= 15 is 0 Å². The SMILES string of the molecule is CCCNCCNC(=O)c1csc(-c2ccc([N+](=O)[O-])cc2)n1. The minimum atomic E-state index is -0.447. The summed E-state index contributed by atoms with van der Waals surface area (Å²) in [6.45, 7) is 4.28. The van der Waals surface area contributed by atoms with Crippen molar-refractivity contribution in [1.82, 2.24) is 15.6 Å². The van der Waals surface area contributed by atoms with Crippen LogP contribution < -0.4 is 10.6 Å². The topological polar surface area (TPSA) is 97.2 Å². The number of nitro groups is 1. The van der Waals surface area contributed by atoms with E-state index in [1.165, 1.54) is 23.5 Å². The first-order chi connectivity index (χ1) is 11.1. The fourth-order valence-corrected chi connectivity index (χ4v) is 2.70. The number of non-ortho nitro benzene ring substituents is 1. The Bertz CT molecular complexity index is 670. The summed E-state index contributed by atoms with van der Waals surface area (Å²) in [7, 11) is 0. The van der Waals surface area contributed by atoms with Crippen LogP contribution in [0.2, 0.25) is 0 Å². The van der Waals surface area contributed by atoms with Gasteiger partial charge in [0.05, 0.1) is 4.92 Å². The molecule has 2 rings (SSSR count). The van der Waals surface area contributed by atoms with Crippen LogP contribution in [0.4, 0.5) is 5.69 Å². The van der Waals surface area contributed by atoms with Crippen LogP contribution in [-0.2, 0) is 0 Å². The Morgan fingerprint density at radius 1 is 1.26 bits per heavy atom. The Morgan fingerprint density at radius 2 is 2.00 bits per heavy atom. The Hall–Kier alpha value is -2.32. The molecule has 2 N–H and O–H groups in total. The quantitative estimate of drug-likeness (QED) is 0.439. The smallest absolute Gasteiger partial charge is 0.270 e. The molecule has 0 aliphatic heterocycles. The zero-order valence-electron chi connectivity index (χ0n) is 12.7. The van der Waals surface area contributed by atoms with Gasteiger partial charge in [-0.05, 0) is 25.1 Å². The van der Waals surface area contributed by atoms with Crippen molar-refractivity contribution in [2.24, 2.45) is 0 Å². The molecule has 0 radical (unpaired) electrons. The molecule has 0 unspecified atom stereocenters. The van der Waals surface area contributed by atoms with E-state index in [-0.39, 0.29) is 11.6 Å². The van der Waals surface area contributed by atoms with Crippen molar-refractivity contribution in [1.29, 1.82) is 0 Å². The fourth-order valence-electron chi connectivity index (χ4n) is 1.89. The van der Waals surface area contributed by atoms with Crippen LogP contribution in [0.15, 0.2) is 29.6 Å². The molecule has 122 valence electrons. The van der Waals surface area contributed by atoms with E-state index in [1.54, 1.807) is 17.5 Å². The van der Waals surface area contributed by atoms with E-state index in [0.29, 0.717) is 17.2 Å². The number of carbonyl (C=O) groups excluding carboxylic acids is 1. The van der Waals surface area contributed by atoms with E-state index in [0.717, 1.165) is 25.1 Å². The van der Waals surface area contributed by atoms with Crippen molar-refractivity contribution >= 4 is 22.9 Å². The van der Waals surface area contributed by atoms with E-state index in [4.69, 9.17) is 0 Å². The molecule has 0 aliphatic rings.